The second-order valence-corrected chi connectivity index (χ2v) is 6.11. The summed E-state index contributed by atoms with van der Waals surface area (Å²) < 4.78 is 5.25. The van der Waals surface area contributed by atoms with Crippen molar-refractivity contribution in [2.24, 2.45) is 11.8 Å². The minimum Gasteiger partial charge on any atom is -0.444 e. The van der Waals surface area contributed by atoms with Crippen LogP contribution in [0.1, 0.15) is 40.0 Å². The van der Waals surface area contributed by atoms with Gasteiger partial charge in [0, 0.05) is 19.0 Å². The molecule has 0 spiro atoms. The van der Waals surface area contributed by atoms with Crippen LogP contribution in [0.5, 0.6) is 0 Å². The van der Waals surface area contributed by atoms with Gasteiger partial charge in [-0.05, 0) is 33.6 Å². The van der Waals surface area contributed by atoms with E-state index in [-0.39, 0.29) is 17.9 Å². The summed E-state index contributed by atoms with van der Waals surface area (Å²) in [5, 5.41) is 0. The molecule has 2 fully saturated rings. The second kappa shape index (κ2) is 4.31. The number of ether oxygens (including phenoxy) is 1. The van der Waals surface area contributed by atoms with Crippen molar-refractivity contribution in [2.45, 2.75) is 45.6 Å². The van der Waals surface area contributed by atoms with Crippen LogP contribution in [0, 0.1) is 11.8 Å². The maximum Gasteiger partial charge on any atom is 0.410 e. The lowest BCUT2D eigenvalue weighted by molar-refractivity contribution is -0.134. The van der Waals surface area contributed by atoms with Gasteiger partial charge in [-0.3, -0.25) is 4.79 Å². The summed E-state index contributed by atoms with van der Waals surface area (Å²) in [5.74, 6) is 0.699. The van der Waals surface area contributed by atoms with E-state index in [2.05, 4.69) is 0 Å². The van der Waals surface area contributed by atoms with Gasteiger partial charge in [-0.1, -0.05) is 6.42 Å². The standard InChI is InChI=1S/C13H21NO3/c1-13(2,3)17-12(16)14-7-10(8-14)11(15)9-5-4-6-9/h9-10H,4-8H2,1-3H3. The number of rotatable bonds is 2. The van der Waals surface area contributed by atoms with Crippen LogP contribution in [0.15, 0.2) is 0 Å². The van der Waals surface area contributed by atoms with Gasteiger partial charge in [-0.15, -0.1) is 0 Å². The summed E-state index contributed by atoms with van der Waals surface area (Å²) in [6.07, 6.45) is 2.97. The molecule has 0 atom stereocenters. The van der Waals surface area contributed by atoms with Crippen LogP contribution in [0.4, 0.5) is 4.79 Å². The first-order chi connectivity index (χ1) is 7.87. The van der Waals surface area contributed by atoms with Gasteiger partial charge in [0.1, 0.15) is 11.4 Å². The van der Waals surface area contributed by atoms with Gasteiger partial charge in [-0.2, -0.15) is 0 Å². The SMILES string of the molecule is CC(C)(C)OC(=O)N1CC(C(=O)C2CCC2)C1. The molecule has 2 rings (SSSR count). The predicted octanol–water partition coefficient (Wildman–Crippen LogP) is 2.22. The molecule has 1 saturated carbocycles. The molecule has 1 saturated heterocycles. The Hall–Kier alpha value is -1.06. The molecule has 1 aliphatic heterocycles. The summed E-state index contributed by atoms with van der Waals surface area (Å²) in [6.45, 7) is 6.64. The van der Waals surface area contributed by atoms with Crippen LogP contribution in [0.2, 0.25) is 0 Å². The van der Waals surface area contributed by atoms with Crippen LogP contribution < -0.4 is 0 Å². The summed E-state index contributed by atoms with van der Waals surface area (Å²) in [4.78, 5) is 25.2. The fraction of sp³-hybridized carbons (Fsp3) is 0.846. The summed E-state index contributed by atoms with van der Waals surface area (Å²) in [6, 6.07) is 0. The topological polar surface area (TPSA) is 46.6 Å². The monoisotopic (exact) mass is 239 g/mol. The number of carbonyl (C=O) groups excluding carboxylic acids is 2. The van der Waals surface area contributed by atoms with Crippen molar-refractivity contribution in [2.75, 3.05) is 13.1 Å². The van der Waals surface area contributed by atoms with Crippen molar-refractivity contribution >= 4 is 11.9 Å². The van der Waals surface area contributed by atoms with Gasteiger partial charge in [0.2, 0.25) is 0 Å². The molecule has 0 radical (unpaired) electrons. The zero-order valence-corrected chi connectivity index (χ0v) is 10.9. The predicted molar refractivity (Wildman–Crippen MR) is 63.6 cm³/mol. The molecule has 0 aromatic rings. The molecule has 17 heavy (non-hydrogen) atoms. The third kappa shape index (κ3) is 2.79. The molecule has 1 amide bonds. The number of hydrogen-bond donors (Lipinski definition) is 0. The molecule has 1 aliphatic carbocycles. The van der Waals surface area contributed by atoms with Crippen molar-refractivity contribution in [3.63, 3.8) is 0 Å². The van der Waals surface area contributed by atoms with Crippen molar-refractivity contribution in [1.29, 1.82) is 0 Å². The van der Waals surface area contributed by atoms with Crippen LogP contribution >= 0.6 is 0 Å². The molecule has 0 aromatic carbocycles. The number of nitrogens with zero attached hydrogens (tertiary/aromatic N) is 1. The first kappa shape index (κ1) is 12.4. The van der Waals surface area contributed by atoms with E-state index in [1.165, 1.54) is 6.42 Å². The van der Waals surface area contributed by atoms with E-state index in [9.17, 15) is 9.59 Å². The van der Waals surface area contributed by atoms with Crippen molar-refractivity contribution in [3.8, 4) is 0 Å². The zero-order valence-electron chi connectivity index (χ0n) is 10.9. The minimum atomic E-state index is -0.458. The van der Waals surface area contributed by atoms with Gasteiger partial charge in [0.15, 0.2) is 0 Å². The third-order valence-electron chi connectivity index (χ3n) is 3.44. The van der Waals surface area contributed by atoms with E-state index in [4.69, 9.17) is 4.74 Å². The van der Waals surface area contributed by atoms with Gasteiger partial charge in [-0.25, -0.2) is 4.79 Å². The molecule has 2 aliphatic rings. The average molecular weight is 239 g/mol. The van der Waals surface area contributed by atoms with E-state index in [0.717, 1.165) is 12.8 Å². The lowest BCUT2D eigenvalue weighted by Crippen LogP contribution is -2.55. The van der Waals surface area contributed by atoms with Crippen molar-refractivity contribution in [1.82, 2.24) is 4.90 Å². The molecule has 0 N–H and O–H groups in total. The first-order valence-corrected chi connectivity index (χ1v) is 6.38. The maximum absolute atomic E-state index is 11.9. The highest BCUT2D eigenvalue weighted by atomic mass is 16.6. The molecule has 0 unspecified atom stereocenters. The maximum atomic E-state index is 11.9. The lowest BCUT2D eigenvalue weighted by Gasteiger charge is -2.41. The highest BCUT2D eigenvalue weighted by molar-refractivity contribution is 5.87. The van der Waals surface area contributed by atoms with Crippen LogP contribution in [0.3, 0.4) is 0 Å². The zero-order chi connectivity index (χ0) is 12.6. The average Bonchev–Trinajstić information content (AvgIpc) is 1.92. The number of Topliss-reactive ketones (excluding diaryl/α,β-unsaturated/α-hetero) is 1. The molecule has 96 valence electrons. The molecular weight excluding hydrogens is 218 g/mol. The van der Waals surface area contributed by atoms with Crippen LogP contribution in [-0.4, -0.2) is 35.5 Å². The van der Waals surface area contributed by atoms with E-state index in [1.54, 1.807) is 4.90 Å². The Morgan fingerprint density at radius 2 is 1.71 bits per heavy atom. The number of carbonyl (C=O) groups is 2. The van der Waals surface area contributed by atoms with Gasteiger partial charge >= 0.3 is 6.09 Å². The smallest absolute Gasteiger partial charge is 0.410 e. The fourth-order valence-corrected chi connectivity index (χ4v) is 2.16. The number of amides is 1. The summed E-state index contributed by atoms with van der Waals surface area (Å²) in [5.41, 5.74) is -0.458. The molecule has 0 aromatic heterocycles. The fourth-order valence-electron chi connectivity index (χ4n) is 2.16. The molecule has 4 heteroatoms. The summed E-state index contributed by atoms with van der Waals surface area (Å²) in [7, 11) is 0. The van der Waals surface area contributed by atoms with E-state index >= 15 is 0 Å². The highest BCUT2D eigenvalue weighted by Gasteiger charge is 2.41. The largest absolute Gasteiger partial charge is 0.444 e. The van der Waals surface area contributed by atoms with Crippen LogP contribution in [0.25, 0.3) is 0 Å². The molecule has 1 heterocycles. The molecule has 4 nitrogen and oxygen atoms in total. The van der Waals surface area contributed by atoms with Gasteiger partial charge in [0.05, 0.1) is 5.92 Å². The Morgan fingerprint density at radius 3 is 2.12 bits per heavy atom. The van der Waals surface area contributed by atoms with E-state index < -0.39 is 5.60 Å². The number of likely N-dealkylation sites (tertiary alicyclic amines) is 1. The Bertz CT molecular complexity index is 322. The third-order valence-corrected chi connectivity index (χ3v) is 3.44. The number of hydrogen-bond acceptors (Lipinski definition) is 3. The number of ketones is 1. The Kier molecular flexibility index (Phi) is 3.15. The summed E-state index contributed by atoms with van der Waals surface area (Å²) >= 11 is 0. The lowest BCUT2D eigenvalue weighted by atomic mass is 9.76. The normalized spacial score (nSPS) is 21.7. The van der Waals surface area contributed by atoms with E-state index in [0.29, 0.717) is 18.9 Å². The Morgan fingerprint density at radius 1 is 1.12 bits per heavy atom. The molecule has 0 bridgehead atoms. The van der Waals surface area contributed by atoms with Crippen molar-refractivity contribution < 1.29 is 14.3 Å². The van der Waals surface area contributed by atoms with Gasteiger partial charge in [0.25, 0.3) is 0 Å². The van der Waals surface area contributed by atoms with Gasteiger partial charge < -0.3 is 9.64 Å². The minimum absolute atomic E-state index is 0.0628. The second-order valence-electron chi connectivity index (χ2n) is 6.11. The van der Waals surface area contributed by atoms with Crippen molar-refractivity contribution in [3.05, 3.63) is 0 Å². The van der Waals surface area contributed by atoms with Crippen LogP contribution in [-0.2, 0) is 9.53 Å². The Balaban J connectivity index is 1.74. The first-order valence-electron chi connectivity index (χ1n) is 6.38. The quantitative estimate of drug-likeness (QED) is 0.742. The molecular formula is C13H21NO3. The van der Waals surface area contributed by atoms with E-state index in [1.807, 2.05) is 20.8 Å². The highest BCUT2D eigenvalue weighted by Crippen LogP contribution is 2.32. The Labute approximate surface area is 102 Å².